The first-order valence-corrected chi connectivity index (χ1v) is 20.8. The summed E-state index contributed by atoms with van der Waals surface area (Å²) < 4.78 is 33.6. The predicted octanol–water partition coefficient (Wildman–Crippen LogP) is 12.8. The standard InChI is InChI=1S/C52H36N2O2S/c1-52(2)45-24-12-10-22-40(45)43-31-44-42-30-33(51-53-47-25-13-14-26-48(47)54(51)34-16-4-3-5-17-34)28-29-39(42)37-20-7-6-18-35(37)36-19-8-9-21-38(36)41-23-11-15-27-49(41)57(55,56)50(44)32-46(43)52/h3-32H,1-2H3. The van der Waals surface area contributed by atoms with Crippen LogP contribution in [0.1, 0.15) is 25.0 Å². The Morgan fingerprint density at radius 2 is 1.00 bits per heavy atom. The van der Waals surface area contributed by atoms with Gasteiger partial charge in [0.1, 0.15) is 5.82 Å². The molecule has 0 N–H and O–H groups in total. The van der Waals surface area contributed by atoms with E-state index in [0.29, 0.717) is 16.0 Å². The molecule has 2 aliphatic rings. The molecule has 0 atom stereocenters. The van der Waals surface area contributed by atoms with Gasteiger partial charge in [0.05, 0.1) is 20.8 Å². The van der Waals surface area contributed by atoms with E-state index in [9.17, 15) is 0 Å². The van der Waals surface area contributed by atoms with Gasteiger partial charge in [0.15, 0.2) is 0 Å². The van der Waals surface area contributed by atoms with Crippen molar-refractivity contribution in [2.75, 3.05) is 0 Å². The van der Waals surface area contributed by atoms with Gasteiger partial charge in [0.2, 0.25) is 9.84 Å². The van der Waals surface area contributed by atoms with Crippen LogP contribution in [-0.4, -0.2) is 18.0 Å². The summed E-state index contributed by atoms with van der Waals surface area (Å²) in [6, 6.07) is 61.6. The van der Waals surface area contributed by atoms with Crippen LogP contribution >= 0.6 is 0 Å². The second kappa shape index (κ2) is 12.3. The minimum atomic E-state index is -4.12. The van der Waals surface area contributed by atoms with Gasteiger partial charge in [-0.15, -0.1) is 0 Å². The zero-order valence-electron chi connectivity index (χ0n) is 31.4. The van der Waals surface area contributed by atoms with Crippen LogP contribution in [0.25, 0.3) is 83.7 Å². The van der Waals surface area contributed by atoms with E-state index < -0.39 is 15.3 Å². The van der Waals surface area contributed by atoms with E-state index in [0.717, 1.165) is 78.2 Å². The average Bonchev–Trinajstić information content (AvgIpc) is 3.75. The van der Waals surface area contributed by atoms with Crippen LogP contribution in [0.5, 0.6) is 0 Å². The molecule has 0 unspecified atom stereocenters. The quantitative estimate of drug-likeness (QED) is 0.177. The molecule has 0 radical (unpaired) electrons. The minimum absolute atomic E-state index is 0.287. The molecule has 57 heavy (non-hydrogen) atoms. The Hall–Kier alpha value is -6.82. The summed E-state index contributed by atoms with van der Waals surface area (Å²) in [6.45, 7) is 4.39. The molecule has 1 aliphatic carbocycles. The molecule has 1 aromatic heterocycles. The molecule has 0 saturated heterocycles. The largest absolute Gasteiger partial charge is 0.292 e. The summed E-state index contributed by atoms with van der Waals surface area (Å²) >= 11 is 0. The summed E-state index contributed by atoms with van der Waals surface area (Å²) in [7, 11) is -4.12. The molecule has 0 saturated carbocycles. The zero-order valence-corrected chi connectivity index (χ0v) is 32.3. The Balaban J connectivity index is 1.31. The van der Waals surface area contributed by atoms with Crippen molar-refractivity contribution < 1.29 is 8.42 Å². The first-order valence-electron chi connectivity index (χ1n) is 19.3. The normalized spacial score (nSPS) is 14.2. The lowest BCUT2D eigenvalue weighted by molar-refractivity contribution is 0.596. The van der Waals surface area contributed by atoms with Crippen LogP contribution in [0.15, 0.2) is 192 Å². The van der Waals surface area contributed by atoms with E-state index in [1.165, 1.54) is 5.56 Å². The first-order chi connectivity index (χ1) is 27.8. The molecule has 11 rings (SSSR count). The number of rotatable bonds is 2. The first kappa shape index (κ1) is 33.5. The molecule has 272 valence electrons. The van der Waals surface area contributed by atoms with Crippen molar-refractivity contribution in [3.8, 4) is 72.7 Å². The number of imidazole rings is 1. The fraction of sp³-hybridized carbons (Fsp3) is 0.0577. The highest BCUT2D eigenvalue weighted by Crippen LogP contribution is 2.54. The zero-order chi connectivity index (χ0) is 38.5. The van der Waals surface area contributed by atoms with Crippen molar-refractivity contribution in [1.29, 1.82) is 0 Å². The fourth-order valence-electron chi connectivity index (χ4n) is 9.31. The van der Waals surface area contributed by atoms with Crippen LogP contribution in [-0.2, 0) is 15.3 Å². The number of hydrogen-bond donors (Lipinski definition) is 0. The molecular weight excluding hydrogens is 717 g/mol. The number of benzene rings is 8. The van der Waals surface area contributed by atoms with Gasteiger partial charge in [-0.25, -0.2) is 13.4 Å². The van der Waals surface area contributed by atoms with Crippen molar-refractivity contribution in [3.63, 3.8) is 0 Å². The number of hydrogen-bond acceptors (Lipinski definition) is 3. The molecule has 0 fully saturated rings. The maximum atomic E-state index is 15.7. The number of sulfone groups is 1. The number of aromatic nitrogens is 2. The molecule has 0 bridgehead atoms. The molecule has 2 heterocycles. The lowest BCUT2D eigenvalue weighted by Gasteiger charge is -2.24. The topological polar surface area (TPSA) is 52.0 Å². The lowest BCUT2D eigenvalue weighted by atomic mass is 9.81. The Kier molecular flexibility index (Phi) is 7.26. The van der Waals surface area contributed by atoms with Crippen LogP contribution < -0.4 is 0 Å². The van der Waals surface area contributed by atoms with Crippen LogP contribution in [0.2, 0.25) is 0 Å². The predicted molar refractivity (Wildman–Crippen MR) is 231 cm³/mol. The summed E-state index contributed by atoms with van der Waals surface area (Å²) in [6.07, 6.45) is 0. The second-order valence-electron chi connectivity index (χ2n) is 15.5. The van der Waals surface area contributed by atoms with Gasteiger partial charge in [-0.3, -0.25) is 4.57 Å². The summed E-state index contributed by atoms with van der Waals surface area (Å²) in [5, 5.41) is 0. The Morgan fingerprint density at radius 1 is 0.439 bits per heavy atom. The van der Waals surface area contributed by atoms with Gasteiger partial charge >= 0.3 is 0 Å². The van der Waals surface area contributed by atoms with E-state index >= 15 is 8.42 Å². The molecule has 0 spiro atoms. The van der Waals surface area contributed by atoms with Gasteiger partial charge in [-0.2, -0.15) is 0 Å². The van der Waals surface area contributed by atoms with Crippen molar-refractivity contribution in [2.45, 2.75) is 29.1 Å². The third kappa shape index (κ3) is 4.92. The van der Waals surface area contributed by atoms with E-state index in [1.54, 1.807) is 6.07 Å². The van der Waals surface area contributed by atoms with E-state index in [1.807, 2.05) is 78.9 Å². The maximum absolute atomic E-state index is 15.7. The van der Waals surface area contributed by atoms with Crippen molar-refractivity contribution in [2.24, 2.45) is 0 Å². The highest BCUT2D eigenvalue weighted by atomic mass is 32.2. The molecule has 9 aromatic rings. The third-order valence-electron chi connectivity index (χ3n) is 12.0. The van der Waals surface area contributed by atoms with E-state index in [-0.39, 0.29) is 4.90 Å². The Bertz CT molecular complexity index is 3230. The van der Waals surface area contributed by atoms with Gasteiger partial charge in [0.25, 0.3) is 0 Å². The molecule has 5 heteroatoms. The van der Waals surface area contributed by atoms with E-state index in [2.05, 4.69) is 115 Å². The summed E-state index contributed by atoms with van der Waals surface area (Å²) in [5.74, 6) is 0.778. The third-order valence-corrected chi connectivity index (χ3v) is 13.9. The maximum Gasteiger partial charge on any atom is 0.207 e. The lowest BCUT2D eigenvalue weighted by Crippen LogP contribution is -2.16. The summed E-state index contributed by atoms with van der Waals surface area (Å²) in [5.41, 5.74) is 14.7. The van der Waals surface area contributed by atoms with Gasteiger partial charge in [-0.1, -0.05) is 147 Å². The number of fused-ring (bicyclic) bond motifs is 13. The minimum Gasteiger partial charge on any atom is -0.292 e. The summed E-state index contributed by atoms with van der Waals surface area (Å²) in [4.78, 5) is 5.82. The molecular formula is C52H36N2O2S. The highest BCUT2D eigenvalue weighted by Gasteiger charge is 2.39. The average molecular weight is 753 g/mol. The van der Waals surface area contributed by atoms with Crippen LogP contribution in [0.3, 0.4) is 0 Å². The number of para-hydroxylation sites is 3. The molecule has 0 amide bonds. The van der Waals surface area contributed by atoms with Crippen molar-refractivity contribution in [1.82, 2.24) is 9.55 Å². The molecule has 4 nitrogen and oxygen atoms in total. The second-order valence-corrected chi connectivity index (χ2v) is 17.4. The van der Waals surface area contributed by atoms with Crippen LogP contribution in [0, 0.1) is 0 Å². The van der Waals surface area contributed by atoms with Gasteiger partial charge in [-0.05, 0) is 104 Å². The van der Waals surface area contributed by atoms with Gasteiger partial charge in [0, 0.05) is 27.8 Å². The van der Waals surface area contributed by atoms with Crippen molar-refractivity contribution >= 4 is 20.9 Å². The Labute approximate surface area is 332 Å². The Morgan fingerprint density at radius 3 is 1.72 bits per heavy atom. The molecule has 8 aromatic carbocycles. The smallest absolute Gasteiger partial charge is 0.207 e. The fourth-order valence-corrected chi connectivity index (χ4v) is 11.0. The van der Waals surface area contributed by atoms with Crippen molar-refractivity contribution in [3.05, 3.63) is 193 Å². The monoisotopic (exact) mass is 752 g/mol. The number of nitrogens with zero attached hydrogens (tertiary/aromatic N) is 2. The van der Waals surface area contributed by atoms with Crippen LogP contribution in [0.4, 0.5) is 0 Å². The highest BCUT2D eigenvalue weighted by molar-refractivity contribution is 7.91. The molecule has 1 aliphatic heterocycles. The van der Waals surface area contributed by atoms with E-state index in [4.69, 9.17) is 4.98 Å². The van der Waals surface area contributed by atoms with Gasteiger partial charge < -0.3 is 0 Å². The SMILES string of the molecule is CC1(C)c2ccccc2-c2cc3c(cc21)S(=O)(=O)c1ccccc1-c1ccccc1-c1ccccc1-c1ccc(-c2nc4ccccc4n2-c2ccccc2)cc1-3.